The fraction of sp³-hybridized carbons (Fsp3) is 0.917. The fourth-order valence-electron chi connectivity index (χ4n) is 1.41. The molecule has 2 atom stereocenters. The van der Waals surface area contributed by atoms with Crippen LogP contribution in [0.4, 0.5) is 0 Å². The van der Waals surface area contributed by atoms with E-state index in [1.807, 2.05) is 6.92 Å². The summed E-state index contributed by atoms with van der Waals surface area (Å²) in [6.07, 6.45) is 3.20. The van der Waals surface area contributed by atoms with Crippen LogP contribution in [0, 0.1) is 17.8 Å². The van der Waals surface area contributed by atoms with Gasteiger partial charge in [-0.1, -0.05) is 41.0 Å². The molecule has 0 saturated heterocycles. The van der Waals surface area contributed by atoms with Gasteiger partial charge < -0.3 is 0 Å². The van der Waals surface area contributed by atoms with Gasteiger partial charge in [0, 0.05) is 11.8 Å². The maximum Gasteiger partial charge on any atom is 0.138 e. The summed E-state index contributed by atoms with van der Waals surface area (Å²) in [5, 5.41) is 0. The first-order valence-electron chi connectivity index (χ1n) is 5.52. The van der Waals surface area contributed by atoms with E-state index in [2.05, 4.69) is 27.7 Å². The van der Waals surface area contributed by atoms with Crippen LogP contribution in [-0.4, -0.2) is 5.78 Å². The highest BCUT2D eigenvalue weighted by molar-refractivity contribution is 5.82. The molecule has 0 aliphatic rings. The van der Waals surface area contributed by atoms with E-state index in [9.17, 15) is 4.79 Å². The quantitative estimate of drug-likeness (QED) is 0.615. The minimum atomic E-state index is 0.252. The molecule has 2 unspecified atom stereocenters. The van der Waals surface area contributed by atoms with Gasteiger partial charge in [-0.25, -0.2) is 0 Å². The summed E-state index contributed by atoms with van der Waals surface area (Å²) in [4.78, 5) is 11.7. The van der Waals surface area contributed by atoms with Gasteiger partial charge in [0.1, 0.15) is 5.78 Å². The molecule has 0 aromatic rings. The molecule has 0 aromatic carbocycles. The molecule has 0 spiro atoms. The van der Waals surface area contributed by atoms with Crippen molar-refractivity contribution in [3.05, 3.63) is 0 Å². The number of ketones is 1. The van der Waals surface area contributed by atoms with E-state index in [0.29, 0.717) is 11.7 Å². The van der Waals surface area contributed by atoms with Crippen LogP contribution in [0.2, 0.25) is 0 Å². The van der Waals surface area contributed by atoms with E-state index < -0.39 is 0 Å². The topological polar surface area (TPSA) is 17.1 Å². The highest BCUT2D eigenvalue weighted by Crippen LogP contribution is 2.17. The van der Waals surface area contributed by atoms with Gasteiger partial charge >= 0.3 is 0 Å². The lowest BCUT2D eigenvalue weighted by molar-refractivity contribution is -0.126. The molecular weight excluding hydrogens is 160 g/mol. The molecule has 0 bridgehead atoms. The van der Waals surface area contributed by atoms with Crippen LogP contribution < -0.4 is 0 Å². The van der Waals surface area contributed by atoms with Crippen molar-refractivity contribution in [2.75, 3.05) is 0 Å². The standard InChI is InChI=1S/C12H24O/c1-6-10(4)12(13)11(5)8-7-9(2)3/h9-11H,6-8H2,1-5H3. The average Bonchev–Trinajstić information content (AvgIpc) is 2.11. The smallest absolute Gasteiger partial charge is 0.138 e. The minimum absolute atomic E-state index is 0.252. The van der Waals surface area contributed by atoms with E-state index in [1.165, 1.54) is 6.42 Å². The van der Waals surface area contributed by atoms with Crippen LogP contribution in [0.5, 0.6) is 0 Å². The Bertz CT molecular complexity index is 149. The SMILES string of the molecule is CCC(C)C(=O)C(C)CCC(C)C. The van der Waals surface area contributed by atoms with Crippen molar-refractivity contribution >= 4 is 5.78 Å². The largest absolute Gasteiger partial charge is 0.299 e. The molecule has 0 aromatic heterocycles. The predicted octanol–water partition coefficient (Wildman–Crippen LogP) is 3.67. The summed E-state index contributed by atoms with van der Waals surface area (Å²) >= 11 is 0. The minimum Gasteiger partial charge on any atom is -0.299 e. The van der Waals surface area contributed by atoms with Crippen LogP contribution in [0.15, 0.2) is 0 Å². The lowest BCUT2D eigenvalue weighted by atomic mass is 9.89. The molecule has 1 nitrogen and oxygen atoms in total. The molecule has 78 valence electrons. The lowest BCUT2D eigenvalue weighted by Crippen LogP contribution is -2.19. The molecule has 0 amide bonds. The van der Waals surface area contributed by atoms with Crippen LogP contribution in [0.25, 0.3) is 0 Å². The van der Waals surface area contributed by atoms with E-state index in [-0.39, 0.29) is 11.8 Å². The van der Waals surface area contributed by atoms with Crippen molar-refractivity contribution in [1.82, 2.24) is 0 Å². The molecular formula is C12H24O. The Labute approximate surface area is 82.9 Å². The Morgan fingerprint density at radius 3 is 1.92 bits per heavy atom. The van der Waals surface area contributed by atoms with Gasteiger partial charge in [-0.15, -0.1) is 0 Å². The van der Waals surface area contributed by atoms with Crippen molar-refractivity contribution in [2.24, 2.45) is 17.8 Å². The Hall–Kier alpha value is -0.330. The van der Waals surface area contributed by atoms with E-state index in [0.717, 1.165) is 12.8 Å². The van der Waals surface area contributed by atoms with Gasteiger partial charge in [-0.3, -0.25) is 4.79 Å². The van der Waals surface area contributed by atoms with Crippen LogP contribution in [0.1, 0.15) is 53.9 Å². The number of hydrogen-bond acceptors (Lipinski definition) is 1. The fourth-order valence-corrected chi connectivity index (χ4v) is 1.41. The molecule has 0 radical (unpaired) electrons. The van der Waals surface area contributed by atoms with Crippen LogP contribution >= 0.6 is 0 Å². The van der Waals surface area contributed by atoms with Gasteiger partial charge in [0.2, 0.25) is 0 Å². The van der Waals surface area contributed by atoms with Gasteiger partial charge in [0.25, 0.3) is 0 Å². The van der Waals surface area contributed by atoms with Crippen molar-refractivity contribution in [1.29, 1.82) is 0 Å². The summed E-state index contributed by atoms with van der Waals surface area (Å²) in [5.74, 6) is 1.68. The van der Waals surface area contributed by atoms with Crippen molar-refractivity contribution in [3.8, 4) is 0 Å². The van der Waals surface area contributed by atoms with Crippen LogP contribution in [-0.2, 0) is 4.79 Å². The number of carbonyl (C=O) groups is 1. The Morgan fingerprint density at radius 1 is 1.00 bits per heavy atom. The summed E-state index contributed by atoms with van der Waals surface area (Å²) < 4.78 is 0. The summed E-state index contributed by atoms with van der Waals surface area (Å²) in [7, 11) is 0. The molecule has 0 aliphatic carbocycles. The monoisotopic (exact) mass is 184 g/mol. The highest BCUT2D eigenvalue weighted by atomic mass is 16.1. The zero-order valence-corrected chi connectivity index (χ0v) is 9.76. The zero-order valence-electron chi connectivity index (χ0n) is 9.76. The summed E-state index contributed by atoms with van der Waals surface area (Å²) in [6, 6.07) is 0. The Morgan fingerprint density at radius 2 is 1.54 bits per heavy atom. The number of carbonyl (C=O) groups excluding carboxylic acids is 1. The molecule has 1 heteroatoms. The van der Waals surface area contributed by atoms with Gasteiger partial charge in [0.15, 0.2) is 0 Å². The van der Waals surface area contributed by atoms with Crippen molar-refractivity contribution in [2.45, 2.75) is 53.9 Å². The third-order valence-electron chi connectivity index (χ3n) is 2.76. The van der Waals surface area contributed by atoms with E-state index >= 15 is 0 Å². The maximum absolute atomic E-state index is 11.7. The summed E-state index contributed by atoms with van der Waals surface area (Å²) in [6.45, 7) is 10.6. The first-order chi connectivity index (χ1) is 5.99. The molecule has 0 N–H and O–H groups in total. The molecule has 0 aliphatic heterocycles. The van der Waals surface area contributed by atoms with E-state index in [1.54, 1.807) is 0 Å². The third kappa shape index (κ3) is 5.07. The average molecular weight is 184 g/mol. The molecule has 0 rings (SSSR count). The highest BCUT2D eigenvalue weighted by Gasteiger charge is 2.18. The number of rotatable bonds is 6. The second-order valence-corrected chi connectivity index (χ2v) is 4.58. The molecule has 0 heterocycles. The first-order valence-corrected chi connectivity index (χ1v) is 5.52. The second kappa shape index (κ2) is 6.17. The van der Waals surface area contributed by atoms with E-state index in [4.69, 9.17) is 0 Å². The molecule has 0 saturated carbocycles. The third-order valence-corrected chi connectivity index (χ3v) is 2.76. The van der Waals surface area contributed by atoms with Crippen molar-refractivity contribution < 1.29 is 4.79 Å². The molecule has 0 fully saturated rings. The summed E-state index contributed by atoms with van der Waals surface area (Å²) in [5.41, 5.74) is 0. The van der Waals surface area contributed by atoms with Gasteiger partial charge in [-0.05, 0) is 18.8 Å². The van der Waals surface area contributed by atoms with Crippen molar-refractivity contribution in [3.63, 3.8) is 0 Å². The second-order valence-electron chi connectivity index (χ2n) is 4.58. The van der Waals surface area contributed by atoms with Gasteiger partial charge in [-0.2, -0.15) is 0 Å². The molecule has 13 heavy (non-hydrogen) atoms. The van der Waals surface area contributed by atoms with Gasteiger partial charge in [0.05, 0.1) is 0 Å². The maximum atomic E-state index is 11.7. The number of Topliss-reactive ketones (excluding diaryl/α,β-unsaturated/α-hetero) is 1. The first kappa shape index (κ1) is 12.7. The normalized spacial score (nSPS) is 15.8. The zero-order chi connectivity index (χ0) is 10.4. The van der Waals surface area contributed by atoms with Crippen LogP contribution in [0.3, 0.4) is 0 Å². The Kier molecular flexibility index (Phi) is 6.02. The lowest BCUT2D eigenvalue weighted by Gasteiger charge is -2.15. The Balaban J connectivity index is 3.82. The predicted molar refractivity (Wildman–Crippen MR) is 57.7 cm³/mol. The number of hydrogen-bond donors (Lipinski definition) is 0.